The molecule has 3 rings (SSSR count). The number of hydrogen-bond acceptors (Lipinski definition) is 5. The summed E-state index contributed by atoms with van der Waals surface area (Å²) >= 11 is 0. The van der Waals surface area contributed by atoms with Crippen molar-refractivity contribution in [2.75, 3.05) is 23.7 Å². The van der Waals surface area contributed by atoms with Gasteiger partial charge >= 0.3 is 0 Å². The average Bonchev–Trinajstić information content (AvgIpc) is 2.89. The first-order chi connectivity index (χ1) is 18.4. The summed E-state index contributed by atoms with van der Waals surface area (Å²) in [6.07, 6.45) is 1.05. The number of anilines is 1. The van der Waals surface area contributed by atoms with Gasteiger partial charge in [-0.1, -0.05) is 61.9 Å². The number of nitrogens with one attached hydrogen (secondary N) is 1. The molecule has 8 nitrogen and oxygen atoms in total. The third-order valence-electron chi connectivity index (χ3n) is 6.07. The number of para-hydroxylation sites is 1. The lowest BCUT2D eigenvalue weighted by molar-refractivity contribution is -0.139. The fraction of sp³-hybridized carbons (Fsp3) is 0.333. The predicted octanol–water partition coefficient (Wildman–Crippen LogP) is 4.74. The second-order valence-corrected chi connectivity index (χ2v) is 11.9. The second kappa shape index (κ2) is 13.3. The molecule has 0 aliphatic carbocycles. The summed E-state index contributed by atoms with van der Waals surface area (Å²) in [6.45, 7) is 7.77. The highest BCUT2D eigenvalue weighted by Crippen LogP contribution is 2.26. The highest BCUT2D eigenvalue weighted by atomic mass is 32.2. The van der Waals surface area contributed by atoms with Gasteiger partial charge in [0, 0.05) is 13.1 Å². The molecule has 1 N–H and O–H groups in total. The third-order valence-corrected chi connectivity index (χ3v) is 7.21. The van der Waals surface area contributed by atoms with Crippen molar-refractivity contribution in [3.63, 3.8) is 0 Å². The average molecular weight is 552 g/mol. The molecule has 0 aliphatic rings. The zero-order chi connectivity index (χ0) is 28.6. The van der Waals surface area contributed by atoms with Gasteiger partial charge in [-0.25, -0.2) is 8.42 Å². The first-order valence-electron chi connectivity index (χ1n) is 12.9. The van der Waals surface area contributed by atoms with E-state index in [2.05, 4.69) is 5.32 Å². The first-order valence-corrected chi connectivity index (χ1v) is 14.7. The Labute approximate surface area is 231 Å². The number of benzene rings is 3. The number of amides is 2. The molecule has 3 aromatic carbocycles. The molecule has 0 saturated carbocycles. The molecule has 0 aliphatic heterocycles. The smallest absolute Gasteiger partial charge is 0.244 e. The first kappa shape index (κ1) is 29.7. The molecule has 0 heterocycles. The van der Waals surface area contributed by atoms with Gasteiger partial charge in [-0.2, -0.15) is 0 Å². The Balaban J connectivity index is 1.85. The SMILES string of the molecule is Cc1cccc(CN(C(=O)CN(c2ccc(Oc3ccccc3)cc2)S(C)(=O)=O)C(C)C(=O)NCC(C)C)c1. The van der Waals surface area contributed by atoms with Gasteiger partial charge in [0.05, 0.1) is 11.9 Å². The van der Waals surface area contributed by atoms with E-state index in [1.165, 1.54) is 4.90 Å². The number of sulfonamides is 1. The van der Waals surface area contributed by atoms with Gasteiger partial charge in [0.25, 0.3) is 0 Å². The summed E-state index contributed by atoms with van der Waals surface area (Å²) in [5.41, 5.74) is 2.19. The van der Waals surface area contributed by atoms with Crippen LogP contribution < -0.4 is 14.4 Å². The normalized spacial score (nSPS) is 12.1. The Morgan fingerprint density at radius 2 is 1.54 bits per heavy atom. The van der Waals surface area contributed by atoms with Gasteiger partial charge < -0.3 is 15.0 Å². The van der Waals surface area contributed by atoms with Crippen molar-refractivity contribution in [3.8, 4) is 11.5 Å². The summed E-state index contributed by atoms with van der Waals surface area (Å²) in [6, 6.07) is 22.6. The Kier molecular flexibility index (Phi) is 10.1. The van der Waals surface area contributed by atoms with Crippen molar-refractivity contribution in [2.45, 2.75) is 40.3 Å². The summed E-state index contributed by atoms with van der Waals surface area (Å²) < 4.78 is 32.4. The van der Waals surface area contributed by atoms with Gasteiger partial charge in [0.2, 0.25) is 21.8 Å². The fourth-order valence-electron chi connectivity index (χ4n) is 3.96. The van der Waals surface area contributed by atoms with Crippen molar-refractivity contribution >= 4 is 27.5 Å². The lowest BCUT2D eigenvalue weighted by Crippen LogP contribution is -2.51. The number of hydrogen-bond donors (Lipinski definition) is 1. The Bertz CT molecular complexity index is 1360. The lowest BCUT2D eigenvalue weighted by atomic mass is 10.1. The maximum atomic E-state index is 13.7. The Hall–Kier alpha value is -3.85. The molecule has 9 heteroatoms. The zero-order valence-corrected chi connectivity index (χ0v) is 23.9. The topological polar surface area (TPSA) is 96.0 Å². The van der Waals surface area contributed by atoms with Crippen molar-refractivity contribution < 1.29 is 22.7 Å². The van der Waals surface area contributed by atoms with E-state index in [1.807, 2.05) is 75.4 Å². The molecular weight excluding hydrogens is 514 g/mol. The van der Waals surface area contributed by atoms with Gasteiger partial charge in [-0.3, -0.25) is 13.9 Å². The van der Waals surface area contributed by atoms with Crippen molar-refractivity contribution in [1.82, 2.24) is 10.2 Å². The summed E-state index contributed by atoms with van der Waals surface area (Å²) in [5, 5.41) is 2.88. The maximum Gasteiger partial charge on any atom is 0.244 e. The molecule has 0 aromatic heterocycles. The van der Waals surface area contributed by atoms with Crippen LogP contribution in [0, 0.1) is 12.8 Å². The van der Waals surface area contributed by atoms with Crippen LogP contribution in [0.25, 0.3) is 0 Å². The minimum absolute atomic E-state index is 0.165. The van der Waals surface area contributed by atoms with E-state index in [0.29, 0.717) is 23.7 Å². The van der Waals surface area contributed by atoms with Crippen LogP contribution in [0.15, 0.2) is 78.9 Å². The summed E-state index contributed by atoms with van der Waals surface area (Å²) in [4.78, 5) is 28.0. The van der Waals surface area contributed by atoms with Crippen LogP contribution in [-0.4, -0.2) is 50.5 Å². The Morgan fingerprint density at radius 1 is 0.897 bits per heavy atom. The predicted molar refractivity (Wildman–Crippen MR) is 154 cm³/mol. The highest BCUT2D eigenvalue weighted by molar-refractivity contribution is 7.92. The van der Waals surface area contributed by atoms with Gasteiger partial charge in [-0.05, 0) is 61.7 Å². The van der Waals surface area contributed by atoms with Crippen LogP contribution in [0.3, 0.4) is 0 Å². The molecule has 1 atom stereocenters. The molecule has 2 amide bonds. The van der Waals surface area contributed by atoms with E-state index in [4.69, 9.17) is 4.74 Å². The van der Waals surface area contributed by atoms with Crippen LogP contribution in [0.5, 0.6) is 11.5 Å². The molecule has 0 spiro atoms. The maximum absolute atomic E-state index is 13.7. The largest absolute Gasteiger partial charge is 0.457 e. The molecular formula is C30H37N3O5S. The van der Waals surface area contributed by atoms with E-state index in [1.54, 1.807) is 31.2 Å². The van der Waals surface area contributed by atoms with Gasteiger partial charge in [-0.15, -0.1) is 0 Å². The molecule has 0 radical (unpaired) electrons. The van der Waals surface area contributed by atoms with E-state index in [0.717, 1.165) is 21.7 Å². The minimum atomic E-state index is -3.82. The van der Waals surface area contributed by atoms with Crippen LogP contribution in [0.4, 0.5) is 5.69 Å². The molecule has 0 fully saturated rings. The summed E-state index contributed by atoms with van der Waals surface area (Å²) in [5.74, 6) is 0.645. The number of ether oxygens (including phenoxy) is 1. The summed E-state index contributed by atoms with van der Waals surface area (Å²) in [7, 11) is -3.82. The molecule has 3 aromatic rings. The van der Waals surface area contributed by atoms with Gasteiger partial charge in [0.15, 0.2) is 0 Å². The molecule has 208 valence electrons. The fourth-order valence-corrected chi connectivity index (χ4v) is 4.81. The van der Waals surface area contributed by atoms with E-state index in [9.17, 15) is 18.0 Å². The van der Waals surface area contributed by atoms with Crippen LogP contribution in [0.2, 0.25) is 0 Å². The van der Waals surface area contributed by atoms with Crippen LogP contribution >= 0.6 is 0 Å². The standard InChI is InChI=1S/C30H37N3O5S/c1-22(2)19-31-30(35)24(4)32(20-25-11-9-10-23(3)18-25)29(34)21-33(39(5,36)37)26-14-16-28(17-15-26)38-27-12-7-6-8-13-27/h6-18,22,24H,19-21H2,1-5H3,(H,31,35). The number of carbonyl (C=O) groups is 2. The van der Waals surface area contributed by atoms with Crippen molar-refractivity contribution in [1.29, 1.82) is 0 Å². The van der Waals surface area contributed by atoms with Crippen molar-refractivity contribution in [2.24, 2.45) is 5.92 Å². The quantitative estimate of drug-likeness (QED) is 0.351. The molecule has 1 unspecified atom stereocenters. The highest BCUT2D eigenvalue weighted by Gasteiger charge is 2.30. The monoisotopic (exact) mass is 551 g/mol. The van der Waals surface area contributed by atoms with Crippen LogP contribution in [-0.2, 0) is 26.2 Å². The van der Waals surface area contributed by atoms with E-state index in [-0.39, 0.29) is 18.4 Å². The Morgan fingerprint density at radius 3 is 2.13 bits per heavy atom. The minimum Gasteiger partial charge on any atom is -0.457 e. The van der Waals surface area contributed by atoms with Crippen LogP contribution in [0.1, 0.15) is 31.9 Å². The number of rotatable bonds is 12. The van der Waals surface area contributed by atoms with Crippen molar-refractivity contribution in [3.05, 3.63) is 90.0 Å². The molecule has 0 saturated heterocycles. The zero-order valence-electron chi connectivity index (χ0n) is 23.1. The van der Waals surface area contributed by atoms with Gasteiger partial charge in [0.1, 0.15) is 24.1 Å². The molecule has 0 bridgehead atoms. The number of nitrogens with zero attached hydrogens (tertiary/aromatic N) is 2. The lowest BCUT2D eigenvalue weighted by Gasteiger charge is -2.31. The van der Waals surface area contributed by atoms with E-state index < -0.39 is 28.5 Å². The molecule has 39 heavy (non-hydrogen) atoms. The third kappa shape index (κ3) is 8.85. The number of aryl methyl sites for hydroxylation is 1. The number of carbonyl (C=O) groups excluding carboxylic acids is 2. The van der Waals surface area contributed by atoms with E-state index >= 15 is 0 Å². The second-order valence-electron chi connectivity index (χ2n) is 10.0.